The minimum atomic E-state index is -0.234. The fourth-order valence-electron chi connectivity index (χ4n) is 2.45. The van der Waals surface area contributed by atoms with Gasteiger partial charge in [0, 0.05) is 0 Å². The first-order chi connectivity index (χ1) is 9.74. The van der Waals surface area contributed by atoms with Gasteiger partial charge >= 0.3 is 0 Å². The highest BCUT2D eigenvalue weighted by Gasteiger charge is 2.11. The number of halogens is 2. The van der Waals surface area contributed by atoms with Crippen LogP contribution < -0.4 is 0 Å². The Morgan fingerprint density at radius 2 is 1.55 bits per heavy atom. The zero-order valence-electron chi connectivity index (χ0n) is 10.9. The maximum atomic E-state index is 12.9. The molecule has 1 unspecified atom stereocenters. The number of hydrogen-bond acceptors (Lipinski definition) is 0. The molecule has 0 aromatic heterocycles. The largest absolute Gasteiger partial charge is 0.207 e. The molecular formula is C18H14ClF. The zero-order valence-corrected chi connectivity index (χ0v) is 11.6. The lowest BCUT2D eigenvalue weighted by Gasteiger charge is -2.12. The van der Waals surface area contributed by atoms with Gasteiger partial charge in [-0.3, -0.25) is 0 Å². The van der Waals surface area contributed by atoms with Gasteiger partial charge in [-0.05, 0) is 40.5 Å². The number of hydrogen-bond donors (Lipinski definition) is 0. The first kappa shape index (κ1) is 13.1. The van der Waals surface area contributed by atoms with Crippen molar-refractivity contribution in [3.63, 3.8) is 0 Å². The molecule has 0 aliphatic heterocycles. The lowest BCUT2D eigenvalue weighted by Crippen LogP contribution is -1.97. The van der Waals surface area contributed by atoms with E-state index in [0.717, 1.165) is 12.0 Å². The van der Waals surface area contributed by atoms with Crippen molar-refractivity contribution in [3.8, 4) is 0 Å². The monoisotopic (exact) mass is 284 g/mol. The number of rotatable bonds is 3. The second-order valence-electron chi connectivity index (χ2n) is 4.86. The third kappa shape index (κ3) is 2.68. The molecule has 0 aliphatic carbocycles. The van der Waals surface area contributed by atoms with Crippen molar-refractivity contribution in [1.82, 2.24) is 0 Å². The van der Waals surface area contributed by atoms with Gasteiger partial charge in [0.1, 0.15) is 5.82 Å². The number of fused-ring (bicyclic) bond motifs is 1. The summed E-state index contributed by atoms with van der Waals surface area (Å²) in [7, 11) is 0. The van der Waals surface area contributed by atoms with E-state index in [1.165, 1.54) is 28.5 Å². The minimum Gasteiger partial charge on any atom is -0.207 e. The Hall–Kier alpha value is -1.86. The number of alkyl halides is 1. The van der Waals surface area contributed by atoms with E-state index in [0.29, 0.717) is 0 Å². The van der Waals surface area contributed by atoms with Crippen molar-refractivity contribution < 1.29 is 4.39 Å². The van der Waals surface area contributed by atoms with Crippen LogP contribution in [0.2, 0.25) is 0 Å². The van der Waals surface area contributed by atoms with E-state index in [4.69, 9.17) is 11.6 Å². The van der Waals surface area contributed by atoms with E-state index in [2.05, 4.69) is 24.3 Å². The predicted molar refractivity (Wildman–Crippen MR) is 82.6 cm³/mol. The smallest absolute Gasteiger partial charge is 0.123 e. The van der Waals surface area contributed by atoms with Gasteiger partial charge in [0.15, 0.2) is 0 Å². The Balaban J connectivity index is 1.91. The second kappa shape index (κ2) is 5.64. The summed E-state index contributed by atoms with van der Waals surface area (Å²) >= 11 is 6.47. The molecule has 0 heterocycles. The van der Waals surface area contributed by atoms with Crippen LogP contribution in [0.1, 0.15) is 16.5 Å². The summed E-state index contributed by atoms with van der Waals surface area (Å²) in [6, 6.07) is 20.9. The molecule has 20 heavy (non-hydrogen) atoms. The molecule has 0 radical (unpaired) electrons. The number of benzene rings is 3. The van der Waals surface area contributed by atoms with E-state index in [-0.39, 0.29) is 11.2 Å². The SMILES string of the molecule is Fc1ccc(C(Cl)Cc2cccc3ccccc23)cc1. The van der Waals surface area contributed by atoms with Gasteiger partial charge in [-0.2, -0.15) is 0 Å². The molecule has 0 spiro atoms. The highest BCUT2D eigenvalue weighted by molar-refractivity contribution is 6.21. The molecule has 0 amide bonds. The maximum Gasteiger partial charge on any atom is 0.123 e. The summed E-state index contributed by atoms with van der Waals surface area (Å²) in [5.41, 5.74) is 2.16. The van der Waals surface area contributed by atoms with Gasteiger partial charge in [-0.15, -0.1) is 11.6 Å². The van der Waals surface area contributed by atoms with Crippen LogP contribution >= 0.6 is 11.6 Å². The predicted octanol–water partition coefficient (Wildman–Crippen LogP) is 5.50. The Morgan fingerprint density at radius 1 is 0.850 bits per heavy atom. The molecule has 0 aliphatic rings. The molecule has 3 rings (SSSR count). The third-order valence-corrected chi connectivity index (χ3v) is 3.92. The summed E-state index contributed by atoms with van der Waals surface area (Å²) in [5, 5.41) is 2.29. The normalized spacial score (nSPS) is 12.5. The average molecular weight is 285 g/mol. The molecule has 0 N–H and O–H groups in total. The third-order valence-electron chi connectivity index (χ3n) is 3.51. The van der Waals surface area contributed by atoms with Gasteiger partial charge in [-0.25, -0.2) is 4.39 Å². The van der Waals surface area contributed by atoms with Crippen molar-refractivity contribution in [1.29, 1.82) is 0 Å². The minimum absolute atomic E-state index is 0.151. The van der Waals surface area contributed by atoms with Gasteiger partial charge < -0.3 is 0 Å². The van der Waals surface area contributed by atoms with Crippen LogP contribution in [-0.2, 0) is 6.42 Å². The van der Waals surface area contributed by atoms with Crippen molar-refractivity contribution in [2.24, 2.45) is 0 Å². The Bertz CT molecular complexity index is 714. The summed E-state index contributed by atoms with van der Waals surface area (Å²) in [6.07, 6.45) is 0.731. The van der Waals surface area contributed by atoms with Crippen LogP contribution in [0, 0.1) is 5.82 Å². The molecule has 0 saturated heterocycles. The molecule has 3 aromatic carbocycles. The molecule has 1 atom stereocenters. The Kier molecular flexibility index (Phi) is 3.70. The van der Waals surface area contributed by atoms with Crippen LogP contribution in [-0.4, -0.2) is 0 Å². The summed E-state index contributed by atoms with van der Waals surface area (Å²) in [6.45, 7) is 0. The van der Waals surface area contributed by atoms with Crippen LogP contribution in [0.25, 0.3) is 10.8 Å². The van der Waals surface area contributed by atoms with Crippen LogP contribution in [0.4, 0.5) is 4.39 Å². The van der Waals surface area contributed by atoms with Crippen molar-refractivity contribution in [2.75, 3.05) is 0 Å². The van der Waals surface area contributed by atoms with E-state index < -0.39 is 0 Å². The second-order valence-corrected chi connectivity index (χ2v) is 5.39. The first-order valence-corrected chi connectivity index (χ1v) is 7.04. The standard InChI is InChI=1S/C18H14ClF/c19-18(14-8-10-16(20)11-9-14)12-15-6-3-5-13-4-1-2-7-17(13)15/h1-11,18H,12H2. The molecule has 2 heteroatoms. The molecule has 0 nitrogen and oxygen atoms in total. The quantitative estimate of drug-likeness (QED) is 0.557. The lowest BCUT2D eigenvalue weighted by molar-refractivity contribution is 0.626. The molecule has 0 bridgehead atoms. The molecule has 100 valence electrons. The van der Waals surface area contributed by atoms with E-state index >= 15 is 0 Å². The first-order valence-electron chi connectivity index (χ1n) is 6.60. The summed E-state index contributed by atoms with van der Waals surface area (Å²) < 4.78 is 12.9. The van der Waals surface area contributed by atoms with E-state index in [1.54, 1.807) is 12.1 Å². The zero-order chi connectivity index (χ0) is 13.9. The maximum absolute atomic E-state index is 12.9. The fourth-order valence-corrected chi connectivity index (χ4v) is 2.76. The highest BCUT2D eigenvalue weighted by atomic mass is 35.5. The van der Waals surface area contributed by atoms with Crippen molar-refractivity contribution in [2.45, 2.75) is 11.8 Å². The van der Waals surface area contributed by atoms with Crippen LogP contribution in [0.15, 0.2) is 66.7 Å². The van der Waals surface area contributed by atoms with Crippen molar-refractivity contribution >= 4 is 22.4 Å². The fraction of sp³-hybridized carbons (Fsp3) is 0.111. The van der Waals surface area contributed by atoms with Crippen LogP contribution in [0.5, 0.6) is 0 Å². The average Bonchev–Trinajstić information content (AvgIpc) is 2.48. The highest BCUT2D eigenvalue weighted by Crippen LogP contribution is 2.28. The van der Waals surface area contributed by atoms with Crippen molar-refractivity contribution in [3.05, 3.63) is 83.7 Å². The molecule has 3 aromatic rings. The molecule has 0 fully saturated rings. The summed E-state index contributed by atoms with van der Waals surface area (Å²) in [5.74, 6) is -0.234. The van der Waals surface area contributed by atoms with Gasteiger partial charge in [0.25, 0.3) is 0 Å². The molecular weight excluding hydrogens is 271 g/mol. The lowest BCUT2D eigenvalue weighted by atomic mass is 9.98. The topological polar surface area (TPSA) is 0 Å². The van der Waals surface area contributed by atoms with E-state index in [9.17, 15) is 4.39 Å². The summed E-state index contributed by atoms with van der Waals surface area (Å²) in [4.78, 5) is 0. The van der Waals surface area contributed by atoms with Crippen LogP contribution in [0.3, 0.4) is 0 Å². The van der Waals surface area contributed by atoms with Gasteiger partial charge in [0.2, 0.25) is 0 Å². The van der Waals surface area contributed by atoms with Gasteiger partial charge in [-0.1, -0.05) is 54.6 Å². The Labute approximate surface area is 122 Å². The Morgan fingerprint density at radius 3 is 2.35 bits per heavy atom. The van der Waals surface area contributed by atoms with E-state index in [1.807, 2.05) is 18.2 Å². The molecule has 0 saturated carbocycles. The van der Waals surface area contributed by atoms with Gasteiger partial charge in [0.05, 0.1) is 5.38 Å².